The highest BCUT2D eigenvalue weighted by atomic mass is 28.3. The van der Waals surface area contributed by atoms with E-state index in [2.05, 4.69) is 24.6 Å². The molecule has 1 aliphatic heterocycles. The Labute approximate surface area is 193 Å². The number of ether oxygens (including phenoxy) is 1. The second-order valence-corrected chi connectivity index (χ2v) is 15.8. The maximum absolute atomic E-state index is 13.8. The fraction of sp³-hybridized carbons (Fsp3) is 0.360. The molecule has 3 heterocycles. The van der Waals surface area contributed by atoms with E-state index in [0.717, 1.165) is 33.8 Å². The number of hydrogen-bond acceptors (Lipinski definition) is 5. The summed E-state index contributed by atoms with van der Waals surface area (Å²) >= 11 is 0. The van der Waals surface area contributed by atoms with Crippen molar-refractivity contribution >= 4 is 36.7 Å². The first-order chi connectivity index (χ1) is 15.7. The first-order valence-corrected chi connectivity index (χ1v) is 14.9. The Morgan fingerprint density at radius 3 is 2.79 bits per heavy atom. The van der Waals surface area contributed by atoms with Gasteiger partial charge in [-0.15, -0.1) is 0 Å². The number of pyridine rings is 2. The molecule has 1 amide bonds. The minimum absolute atomic E-state index is 0.00233. The van der Waals surface area contributed by atoms with E-state index in [9.17, 15) is 14.7 Å². The monoisotopic (exact) mass is 461 g/mol. The van der Waals surface area contributed by atoms with Crippen molar-refractivity contribution in [1.29, 1.82) is 0 Å². The Kier molecular flexibility index (Phi) is 5.10. The summed E-state index contributed by atoms with van der Waals surface area (Å²) in [6.07, 6.45) is 2.73. The quantitative estimate of drug-likeness (QED) is 0.440. The molecule has 1 spiro atoms. The van der Waals surface area contributed by atoms with Gasteiger partial charge in [-0.2, -0.15) is 0 Å². The number of benzene rings is 1. The van der Waals surface area contributed by atoms with Gasteiger partial charge in [0.2, 0.25) is 5.91 Å². The molecular weight excluding hydrogens is 434 g/mol. The fourth-order valence-electron chi connectivity index (χ4n) is 4.82. The molecule has 1 atom stereocenters. The fourth-order valence-corrected chi connectivity index (χ4v) is 5.58. The van der Waals surface area contributed by atoms with Gasteiger partial charge in [0, 0.05) is 43.9 Å². The molecule has 0 unspecified atom stereocenters. The molecule has 0 radical (unpaired) electrons. The Morgan fingerprint density at radius 2 is 2.03 bits per heavy atom. The lowest BCUT2D eigenvalue weighted by Gasteiger charge is -2.23. The molecule has 0 saturated heterocycles. The average Bonchev–Trinajstić information content (AvgIpc) is 3.24. The van der Waals surface area contributed by atoms with Crippen LogP contribution < -0.4 is 4.90 Å². The van der Waals surface area contributed by atoms with Crippen LogP contribution in [0.5, 0.6) is 0 Å². The molecule has 1 N–H and O–H groups in total. The molecule has 0 saturated carbocycles. The van der Waals surface area contributed by atoms with Crippen LogP contribution >= 0.6 is 0 Å². The second-order valence-electron chi connectivity index (χ2n) is 10.2. The molecule has 7 nitrogen and oxygen atoms in total. The summed E-state index contributed by atoms with van der Waals surface area (Å²) in [5.74, 6) is -0.303. The van der Waals surface area contributed by atoms with Crippen molar-refractivity contribution in [1.82, 2.24) is 9.97 Å². The van der Waals surface area contributed by atoms with Crippen LogP contribution in [0.15, 0.2) is 42.6 Å². The number of carbonyl (C=O) groups excluding carboxylic acids is 1. The number of anilines is 1. The van der Waals surface area contributed by atoms with E-state index in [0.29, 0.717) is 25.3 Å². The standard InChI is InChI=1S/C25H27N3O4Si/c1-33(2,3)10-9-32-15-28-22-19(5-4-8-26-22)25(24(28)31)13-18-12-17-11-16(23(29)30)6-7-20(17)27-21(18)14-25/h4-8,11-12H,9-10,13-15H2,1-3H3,(H,29,30)/t25-/m0/s1. The number of nitrogens with zero attached hydrogens (tertiary/aromatic N) is 3. The van der Waals surface area contributed by atoms with Gasteiger partial charge in [-0.1, -0.05) is 25.7 Å². The lowest BCUT2D eigenvalue weighted by atomic mass is 9.79. The van der Waals surface area contributed by atoms with Crippen LogP contribution in [0, 0.1) is 0 Å². The lowest BCUT2D eigenvalue weighted by molar-refractivity contribution is -0.124. The van der Waals surface area contributed by atoms with Crippen molar-refractivity contribution in [2.45, 2.75) is 43.9 Å². The number of carboxylic acids is 1. The van der Waals surface area contributed by atoms with Crippen LogP contribution in [0.1, 0.15) is 27.2 Å². The Morgan fingerprint density at radius 1 is 1.21 bits per heavy atom. The van der Waals surface area contributed by atoms with Gasteiger partial charge in [0.25, 0.3) is 0 Å². The van der Waals surface area contributed by atoms with Crippen LogP contribution in [0.4, 0.5) is 5.82 Å². The minimum Gasteiger partial charge on any atom is -0.478 e. The topological polar surface area (TPSA) is 92.6 Å². The van der Waals surface area contributed by atoms with Gasteiger partial charge in [-0.05, 0) is 48.4 Å². The van der Waals surface area contributed by atoms with E-state index in [4.69, 9.17) is 9.72 Å². The molecule has 2 aliphatic rings. The van der Waals surface area contributed by atoms with Gasteiger partial charge in [0.1, 0.15) is 12.5 Å². The first-order valence-electron chi connectivity index (χ1n) is 11.2. The molecule has 0 bridgehead atoms. The normalized spacial score (nSPS) is 19.4. The molecule has 1 aliphatic carbocycles. The predicted molar refractivity (Wildman–Crippen MR) is 128 cm³/mol. The van der Waals surface area contributed by atoms with Crippen LogP contribution in [0.3, 0.4) is 0 Å². The molecule has 33 heavy (non-hydrogen) atoms. The summed E-state index contributed by atoms with van der Waals surface area (Å²) in [6.45, 7) is 7.73. The molecule has 170 valence electrons. The summed E-state index contributed by atoms with van der Waals surface area (Å²) in [7, 11) is -1.22. The number of carboxylic acid groups (broad SMARTS) is 1. The van der Waals surface area contributed by atoms with E-state index in [-0.39, 0.29) is 18.2 Å². The molecule has 2 aromatic heterocycles. The van der Waals surface area contributed by atoms with Crippen LogP contribution in [0.2, 0.25) is 25.7 Å². The van der Waals surface area contributed by atoms with Crippen molar-refractivity contribution in [3.8, 4) is 0 Å². The third-order valence-corrected chi connectivity index (χ3v) is 8.33. The predicted octanol–water partition coefficient (Wildman–Crippen LogP) is 4.02. The van der Waals surface area contributed by atoms with Crippen molar-refractivity contribution in [2.24, 2.45) is 0 Å². The Bertz CT molecular complexity index is 1290. The zero-order chi connectivity index (χ0) is 23.4. The molecule has 5 rings (SSSR count). The van der Waals surface area contributed by atoms with E-state index in [1.807, 2.05) is 18.2 Å². The van der Waals surface area contributed by atoms with Gasteiger partial charge >= 0.3 is 5.97 Å². The maximum Gasteiger partial charge on any atom is 0.335 e. The number of aromatic carboxylic acids is 1. The number of rotatable bonds is 6. The zero-order valence-corrected chi connectivity index (χ0v) is 20.1. The number of carbonyl (C=O) groups is 2. The van der Waals surface area contributed by atoms with Gasteiger partial charge in [-0.25, -0.2) is 9.78 Å². The minimum atomic E-state index is -1.22. The van der Waals surface area contributed by atoms with E-state index < -0.39 is 19.5 Å². The average molecular weight is 462 g/mol. The maximum atomic E-state index is 13.8. The van der Waals surface area contributed by atoms with E-state index in [1.165, 1.54) is 0 Å². The lowest BCUT2D eigenvalue weighted by Crippen LogP contribution is -2.42. The highest BCUT2D eigenvalue weighted by Crippen LogP contribution is 2.49. The molecular formula is C25H27N3O4Si. The number of aromatic nitrogens is 2. The summed E-state index contributed by atoms with van der Waals surface area (Å²) in [6, 6.07) is 11.8. The Hall–Kier alpha value is -3.10. The number of fused-ring (bicyclic) bond motifs is 4. The molecule has 1 aromatic carbocycles. The van der Waals surface area contributed by atoms with Crippen LogP contribution in [0.25, 0.3) is 10.9 Å². The zero-order valence-electron chi connectivity index (χ0n) is 19.1. The summed E-state index contributed by atoms with van der Waals surface area (Å²) < 4.78 is 5.93. The SMILES string of the molecule is C[Si](C)(C)CCOCN1C(=O)[C@]2(Cc3cc4cc(C(=O)O)ccc4nc3C2)c2cccnc21. The molecule has 0 fully saturated rings. The van der Waals surface area contributed by atoms with E-state index >= 15 is 0 Å². The summed E-state index contributed by atoms with van der Waals surface area (Å²) in [5.41, 5.74) is 3.00. The largest absolute Gasteiger partial charge is 0.478 e. The van der Waals surface area contributed by atoms with Gasteiger partial charge in [0.15, 0.2) is 0 Å². The van der Waals surface area contributed by atoms with Gasteiger partial charge < -0.3 is 9.84 Å². The van der Waals surface area contributed by atoms with Crippen LogP contribution in [-0.4, -0.2) is 48.4 Å². The van der Waals surface area contributed by atoms with Crippen molar-refractivity contribution < 1.29 is 19.4 Å². The second kappa shape index (κ2) is 7.74. The number of amides is 1. The highest BCUT2D eigenvalue weighted by Gasteiger charge is 2.55. The van der Waals surface area contributed by atoms with Gasteiger partial charge in [0.05, 0.1) is 16.5 Å². The number of hydrogen-bond donors (Lipinski definition) is 1. The third kappa shape index (κ3) is 3.73. The van der Waals surface area contributed by atoms with E-state index in [1.54, 1.807) is 29.3 Å². The summed E-state index contributed by atoms with van der Waals surface area (Å²) in [4.78, 5) is 36.2. The molecule has 8 heteroatoms. The third-order valence-electron chi connectivity index (χ3n) is 6.62. The van der Waals surface area contributed by atoms with Crippen molar-refractivity contribution in [2.75, 3.05) is 18.2 Å². The first kappa shape index (κ1) is 21.7. The van der Waals surface area contributed by atoms with Crippen molar-refractivity contribution in [3.05, 3.63) is 65.0 Å². The Balaban J connectivity index is 1.46. The van der Waals surface area contributed by atoms with Gasteiger partial charge in [-0.3, -0.25) is 14.7 Å². The highest BCUT2D eigenvalue weighted by molar-refractivity contribution is 6.76. The van der Waals surface area contributed by atoms with Crippen molar-refractivity contribution in [3.63, 3.8) is 0 Å². The molecule has 3 aromatic rings. The van der Waals surface area contributed by atoms with Crippen LogP contribution in [-0.2, 0) is 27.8 Å². The smallest absolute Gasteiger partial charge is 0.335 e. The summed E-state index contributed by atoms with van der Waals surface area (Å²) in [5, 5.41) is 10.1.